The predicted octanol–water partition coefficient (Wildman–Crippen LogP) is 2.57. The molecular weight excluding hydrogens is 184 g/mol. The van der Waals surface area contributed by atoms with Crippen LogP contribution in [0.1, 0.15) is 45.4 Å². The Balaban J connectivity index is 1.90. The molecule has 3 aliphatic rings. The van der Waals surface area contributed by atoms with Gasteiger partial charge in [0.05, 0.1) is 6.17 Å². The molecule has 1 aliphatic carbocycles. The third-order valence-electron chi connectivity index (χ3n) is 4.58. The summed E-state index contributed by atoms with van der Waals surface area (Å²) >= 11 is 0. The fourth-order valence-electron chi connectivity index (χ4n) is 3.69. The molecule has 2 unspecified atom stereocenters. The largest absolute Gasteiger partial charge is 0.362 e. The molecule has 0 aromatic rings. The molecule has 0 aromatic carbocycles. The molecule has 0 N–H and O–H groups in total. The van der Waals surface area contributed by atoms with Crippen LogP contribution in [0.5, 0.6) is 0 Å². The molecule has 0 aromatic heterocycles. The Morgan fingerprint density at radius 2 is 2.00 bits per heavy atom. The third kappa shape index (κ3) is 1.42. The summed E-state index contributed by atoms with van der Waals surface area (Å²) in [5.41, 5.74) is 3.42. The monoisotopic (exact) mass is 206 g/mol. The Hall–Kier alpha value is -0.500. The molecule has 0 saturated carbocycles. The molecule has 0 spiro atoms. The van der Waals surface area contributed by atoms with E-state index in [0.717, 1.165) is 6.04 Å². The number of nitrogens with zero attached hydrogens (tertiary/aromatic N) is 2. The summed E-state index contributed by atoms with van der Waals surface area (Å²) in [5, 5.41) is 0. The lowest BCUT2D eigenvalue weighted by molar-refractivity contribution is 0.00658. The van der Waals surface area contributed by atoms with Crippen molar-refractivity contribution in [1.29, 1.82) is 0 Å². The van der Waals surface area contributed by atoms with Gasteiger partial charge in [0.2, 0.25) is 0 Å². The molecule has 2 aliphatic heterocycles. The second-order valence-electron chi connectivity index (χ2n) is 5.45. The molecule has 2 heterocycles. The molecule has 1 saturated heterocycles. The zero-order valence-electron chi connectivity index (χ0n) is 10.00. The van der Waals surface area contributed by atoms with Gasteiger partial charge in [0, 0.05) is 25.3 Å². The normalized spacial score (nSPS) is 36.8. The van der Waals surface area contributed by atoms with Crippen LogP contribution in [0.3, 0.4) is 0 Å². The first-order valence-corrected chi connectivity index (χ1v) is 6.47. The number of hydrogen-bond donors (Lipinski definition) is 0. The second kappa shape index (κ2) is 3.51. The Morgan fingerprint density at radius 3 is 2.87 bits per heavy atom. The van der Waals surface area contributed by atoms with Crippen LogP contribution in [0.4, 0.5) is 0 Å². The Labute approximate surface area is 92.9 Å². The van der Waals surface area contributed by atoms with E-state index in [-0.39, 0.29) is 0 Å². The molecule has 0 radical (unpaired) electrons. The number of allylic oxidation sites excluding steroid dienone is 1. The van der Waals surface area contributed by atoms with E-state index >= 15 is 0 Å². The average molecular weight is 206 g/mol. The van der Waals surface area contributed by atoms with Crippen molar-refractivity contribution in [1.82, 2.24) is 9.80 Å². The second-order valence-corrected chi connectivity index (χ2v) is 5.45. The van der Waals surface area contributed by atoms with Gasteiger partial charge in [-0.25, -0.2) is 0 Å². The maximum atomic E-state index is 2.73. The molecular formula is C13H22N2. The summed E-state index contributed by atoms with van der Waals surface area (Å²) in [5.74, 6) is 0. The topological polar surface area (TPSA) is 6.48 Å². The number of hydrogen-bond acceptors (Lipinski definition) is 2. The van der Waals surface area contributed by atoms with Crippen LogP contribution in [-0.4, -0.2) is 35.6 Å². The summed E-state index contributed by atoms with van der Waals surface area (Å²) in [4.78, 5) is 5.31. The molecule has 1 fully saturated rings. The maximum Gasteiger partial charge on any atom is 0.0819 e. The van der Waals surface area contributed by atoms with E-state index in [1.54, 1.807) is 11.3 Å². The Kier molecular flexibility index (Phi) is 2.27. The summed E-state index contributed by atoms with van der Waals surface area (Å²) < 4.78 is 0. The van der Waals surface area contributed by atoms with Crippen LogP contribution in [0.25, 0.3) is 0 Å². The highest BCUT2D eigenvalue weighted by molar-refractivity contribution is 5.24. The van der Waals surface area contributed by atoms with Gasteiger partial charge in [0.1, 0.15) is 0 Å². The van der Waals surface area contributed by atoms with Crippen LogP contribution in [0.15, 0.2) is 11.3 Å². The molecule has 2 nitrogen and oxygen atoms in total. The minimum absolute atomic E-state index is 0.714. The molecule has 0 bridgehead atoms. The van der Waals surface area contributed by atoms with Gasteiger partial charge in [-0.2, -0.15) is 0 Å². The number of rotatable bonds is 0. The van der Waals surface area contributed by atoms with Crippen molar-refractivity contribution in [2.45, 2.75) is 57.7 Å². The van der Waals surface area contributed by atoms with Gasteiger partial charge in [0.15, 0.2) is 0 Å². The highest BCUT2D eigenvalue weighted by Gasteiger charge is 2.37. The molecule has 2 atom stereocenters. The first kappa shape index (κ1) is 9.71. The molecule has 3 rings (SSSR count). The van der Waals surface area contributed by atoms with E-state index in [4.69, 9.17) is 0 Å². The van der Waals surface area contributed by atoms with Gasteiger partial charge in [-0.1, -0.05) is 0 Å². The summed E-state index contributed by atoms with van der Waals surface area (Å²) in [6.07, 6.45) is 8.98. The van der Waals surface area contributed by atoms with Gasteiger partial charge < -0.3 is 4.90 Å². The molecule has 15 heavy (non-hydrogen) atoms. The fourth-order valence-corrected chi connectivity index (χ4v) is 3.69. The smallest absolute Gasteiger partial charge is 0.0819 e. The zero-order valence-corrected chi connectivity index (χ0v) is 10.00. The minimum atomic E-state index is 0.714. The van der Waals surface area contributed by atoms with Crippen LogP contribution < -0.4 is 0 Å². The van der Waals surface area contributed by atoms with Gasteiger partial charge >= 0.3 is 0 Å². The van der Waals surface area contributed by atoms with Gasteiger partial charge in [-0.05, 0) is 51.0 Å². The van der Waals surface area contributed by atoms with Crippen molar-refractivity contribution >= 4 is 0 Å². The maximum absolute atomic E-state index is 2.73. The number of piperidine rings is 1. The average Bonchev–Trinajstić information content (AvgIpc) is 2.68. The first-order valence-electron chi connectivity index (χ1n) is 6.47. The summed E-state index contributed by atoms with van der Waals surface area (Å²) in [7, 11) is 2.32. The van der Waals surface area contributed by atoms with Gasteiger partial charge in [0.25, 0.3) is 0 Å². The van der Waals surface area contributed by atoms with E-state index < -0.39 is 0 Å². The third-order valence-corrected chi connectivity index (χ3v) is 4.58. The number of fused-ring (bicyclic) bond motifs is 1. The Morgan fingerprint density at radius 1 is 1.13 bits per heavy atom. The van der Waals surface area contributed by atoms with Crippen molar-refractivity contribution in [3.05, 3.63) is 11.3 Å². The van der Waals surface area contributed by atoms with Crippen LogP contribution in [0.2, 0.25) is 0 Å². The summed E-state index contributed by atoms with van der Waals surface area (Å²) in [6, 6.07) is 0.792. The van der Waals surface area contributed by atoms with Crippen molar-refractivity contribution in [3.63, 3.8) is 0 Å². The molecule has 84 valence electrons. The van der Waals surface area contributed by atoms with Crippen molar-refractivity contribution < 1.29 is 0 Å². The minimum Gasteiger partial charge on any atom is -0.362 e. The lowest BCUT2D eigenvalue weighted by Gasteiger charge is -2.49. The zero-order chi connectivity index (χ0) is 10.4. The van der Waals surface area contributed by atoms with E-state index in [1.165, 1.54) is 45.1 Å². The van der Waals surface area contributed by atoms with Crippen LogP contribution >= 0.6 is 0 Å². The highest BCUT2D eigenvalue weighted by Crippen LogP contribution is 2.38. The molecule has 0 amide bonds. The fraction of sp³-hybridized carbons (Fsp3) is 0.846. The van der Waals surface area contributed by atoms with Gasteiger partial charge in [-0.3, -0.25) is 4.90 Å². The van der Waals surface area contributed by atoms with E-state index in [1.807, 2.05) is 0 Å². The van der Waals surface area contributed by atoms with Crippen molar-refractivity contribution in [3.8, 4) is 0 Å². The molecule has 2 heteroatoms. The standard InChI is InChI=1S/C13H22N2/c1-10-5-3-8-13-14(2)12-7-4-6-11(12)9-15(10)13/h10,13H,3-9H2,1-2H3. The lowest BCUT2D eigenvalue weighted by Crippen LogP contribution is -2.55. The van der Waals surface area contributed by atoms with Crippen molar-refractivity contribution in [2.75, 3.05) is 13.6 Å². The predicted molar refractivity (Wildman–Crippen MR) is 62.4 cm³/mol. The summed E-state index contributed by atoms with van der Waals surface area (Å²) in [6.45, 7) is 3.67. The lowest BCUT2D eigenvalue weighted by atomic mass is 9.96. The van der Waals surface area contributed by atoms with E-state index in [0.29, 0.717) is 6.17 Å². The van der Waals surface area contributed by atoms with Crippen LogP contribution in [0, 0.1) is 0 Å². The van der Waals surface area contributed by atoms with E-state index in [2.05, 4.69) is 23.8 Å². The van der Waals surface area contributed by atoms with E-state index in [9.17, 15) is 0 Å². The van der Waals surface area contributed by atoms with Gasteiger partial charge in [-0.15, -0.1) is 0 Å². The SMILES string of the molecule is CC1CCCC2N(C)C3=C(CCC3)CN12. The highest BCUT2D eigenvalue weighted by atomic mass is 15.4. The van der Waals surface area contributed by atoms with Crippen LogP contribution in [-0.2, 0) is 0 Å². The quantitative estimate of drug-likeness (QED) is 0.601. The Bertz CT molecular complexity index is 295. The first-order chi connectivity index (χ1) is 7.27. The van der Waals surface area contributed by atoms with Crippen molar-refractivity contribution in [2.24, 2.45) is 0 Å².